The molecule has 3 aromatic carbocycles. The van der Waals surface area contributed by atoms with Gasteiger partial charge in [0, 0.05) is 41.8 Å². The van der Waals surface area contributed by atoms with E-state index in [1.165, 1.54) is 6.20 Å². The number of nitrogens with zero attached hydrogens (tertiary/aromatic N) is 2. The van der Waals surface area contributed by atoms with Gasteiger partial charge in [-0.3, -0.25) is 15.1 Å². The van der Waals surface area contributed by atoms with Crippen LogP contribution in [0.4, 0.5) is 5.69 Å². The molecule has 10 heteroatoms. The minimum Gasteiger partial charge on any atom is -0.488 e. The van der Waals surface area contributed by atoms with E-state index in [9.17, 15) is 20.3 Å². The van der Waals surface area contributed by atoms with Crippen LogP contribution in [-0.4, -0.2) is 33.8 Å². The number of rotatable bonds is 12. The smallest absolute Gasteiger partial charge is 0.323 e. The van der Waals surface area contributed by atoms with Crippen molar-refractivity contribution in [3.8, 4) is 28.7 Å². The molecular formula is C32H31ClN4O5. The lowest BCUT2D eigenvalue weighted by molar-refractivity contribution is -0.140. The Balaban J connectivity index is 1.60. The standard InChI is InChI=1S/C32H31ClN4O5/c1-19-23(5-3-6-25(19)26-7-4-8-28(35)20(26)2)18-42-31-11-30(41-17-22-9-21(12-34)13-36-14-22)24(10-27(31)33)15-37-29(16-38)32(39)40/h3-11,13-14,29,37-38H,15-18,35H2,1-2H3,(H,39,40)/t29-/m1/s1. The summed E-state index contributed by atoms with van der Waals surface area (Å²) >= 11 is 6.61. The molecule has 0 unspecified atom stereocenters. The third-order valence-corrected chi connectivity index (χ3v) is 7.24. The second-order valence-electron chi connectivity index (χ2n) is 9.73. The van der Waals surface area contributed by atoms with Crippen LogP contribution in [0.3, 0.4) is 0 Å². The topological polar surface area (TPSA) is 151 Å². The molecule has 0 fully saturated rings. The summed E-state index contributed by atoms with van der Waals surface area (Å²) in [6.07, 6.45) is 3.05. The highest BCUT2D eigenvalue weighted by molar-refractivity contribution is 6.32. The van der Waals surface area contributed by atoms with Crippen molar-refractivity contribution in [1.82, 2.24) is 10.3 Å². The molecule has 0 aliphatic rings. The van der Waals surface area contributed by atoms with Crippen LogP contribution in [0.1, 0.15) is 33.4 Å². The molecule has 0 aliphatic heterocycles. The fourth-order valence-corrected chi connectivity index (χ4v) is 4.68. The Morgan fingerprint density at radius 2 is 1.74 bits per heavy atom. The Bertz CT molecular complexity index is 1640. The molecule has 1 atom stereocenters. The average molecular weight is 587 g/mol. The number of aliphatic hydroxyl groups excluding tert-OH is 1. The molecule has 1 aromatic heterocycles. The van der Waals surface area contributed by atoms with Gasteiger partial charge in [0.1, 0.15) is 36.8 Å². The van der Waals surface area contributed by atoms with Crippen molar-refractivity contribution >= 4 is 23.3 Å². The minimum absolute atomic E-state index is 0.0596. The monoisotopic (exact) mass is 586 g/mol. The van der Waals surface area contributed by atoms with E-state index in [1.54, 1.807) is 24.4 Å². The van der Waals surface area contributed by atoms with E-state index < -0.39 is 18.6 Å². The third-order valence-electron chi connectivity index (χ3n) is 6.95. The van der Waals surface area contributed by atoms with Crippen LogP contribution >= 0.6 is 11.6 Å². The van der Waals surface area contributed by atoms with Gasteiger partial charge in [-0.15, -0.1) is 0 Å². The lowest BCUT2D eigenvalue weighted by Gasteiger charge is -2.18. The fraction of sp³-hybridized carbons (Fsp3) is 0.219. The van der Waals surface area contributed by atoms with Crippen molar-refractivity contribution in [2.75, 3.05) is 12.3 Å². The number of hydrogen-bond donors (Lipinski definition) is 4. The highest BCUT2D eigenvalue weighted by Crippen LogP contribution is 2.35. The second kappa shape index (κ2) is 13.8. The maximum atomic E-state index is 11.4. The van der Waals surface area contributed by atoms with Gasteiger partial charge in [0.05, 0.1) is 17.2 Å². The van der Waals surface area contributed by atoms with Gasteiger partial charge < -0.3 is 25.4 Å². The molecule has 9 nitrogen and oxygen atoms in total. The summed E-state index contributed by atoms with van der Waals surface area (Å²) in [7, 11) is 0. The maximum absolute atomic E-state index is 11.4. The first-order chi connectivity index (χ1) is 20.2. The number of nitrogen functional groups attached to an aromatic ring is 1. The van der Waals surface area contributed by atoms with Crippen LogP contribution in [0, 0.1) is 25.2 Å². The highest BCUT2D eigenvalue weighted by Gasteiger charge is 2.18. The Kier molecular flexibility index (Phi) is 9.99. The molecule has 1 heterocycles. The Morgan fingerprint density at radius 1 is 1.02 bits per heavy atom. The van der Waals surface area contributed by atoms with Gasteiger partial charge in [0.2, 0.25) is 0 Å². The number of aliphatic hydroxyl groups is 1. The molecule has 4 aromatic rings. The predicted octanol–water partition coefficient (Wildman–Crippen LogP) is 5.17. The van der Waals surface area contributed by atoms with Crippen molar-refractivity contribution in [2.45, 2.75) is 39.6 Å². The quantitative estimate of drug-likeness (QED) is 0.165. The number of nitrogens with one attached hydrogen (secondary N) is 1. The van der Waals surface area contributed by atoms with Crippen LogP contribution in [0.5, 0.6) is 11.5 Å². The largest absolute Gasteiger partial charge is 0.488 e. The van der Waals surface area contributed by atoms with Crippen LogP contribution in [0.2, 0.25) is 5.02 Å². The number of aliphatic carboxylic acids is 1. The van der Waals surface area contributed by atoms with Gasteiger partial charge in [-0.2, -0.15) is 5.26 Å². The summed E-state index contributed by atoms with van der Waals surface area (Å²) in [5.74, 6) is -0.412. The van der Waals surface area contributed by atoms with Gasteiger partial charge in [0.25, 0.3) is 0 Å². The lowest BCUT2D eigenvalue weighted by atomic mass is 9.93. The van der Waals surface area contributed by atoms with Gasteiger partial charge >= 0.3 is 5.97 Å². The van der Waals surface area contributed by atoms with Crippen molar-refractivity contribution < 1.29 is 24.5 Å². The summed E-state index contributed by atoms with van der Waals surface area (Å²) in [4.78, 5) is 15.4. The zero-order valence-corrected chi connectivity index (χ0v) is 24.0. The van der Waals surface area contributed by atoms with Crippen molar-refractivity contribution in [1.29, 1.82) is 5.26 Å². The van der Waals surface area contributed by atoms with Crippen LogP contribution in [0.15, 0.2) is 67.0 Å². The van der Waals surface area contributed by atoms with Gasteiger partial charge in [-0.1, -0.05) is 41.9 Å². The number of nitriles is 1. The van der Waals surface area contributed by atoms with Crippen molar-refractivity contribution in [2.24, 2.45) is 0 Å². The molecule has 0 aliphatic carbocycles. The number of carboxylic acid groups (broad SMARTS) is 1. The lowest BCUT2D eigenvalue weighted by Crippen LogP contribution is -2.39. The zero-order chi connectivity index (χ0) is 30.2. The maximum Gasteiger partial charge on any atom is 0.323 e. The first-order valence-corrected chi connectivity index (χ1v) is 13.5. The summed E-state index contributed by atoms with van der Waals surface area (Å²) < 4.78 is 12.2. The molecule has 0 spiro atoms. The molecule has 0 saturated heterocycles. The molecule has 0 saturated carbocycles. The summed E-state index contributed by atoms with van der Waals surface area (Å²) in [5.41, 5.74) is 13.6. The fourth-order valence-electron chi connectivity index (χ4n) is 4.44. The third kappa shape index (κ3) is 7.17. The van der Waals surface area contributed by atoms with E-state index in [0.29, 0.717) is 33.2 Å². The number of halogens is 1. The molecule has 0 amide bonds. The number of aromatic nitrogens is 1. The van der Waals surface area contributed by atoms with Crippen LogP contribution in [0.25, 0.3) is 11.1 Å². The normalized spacial score (nSPS) is 11.5. The van der Waals surface area contributed by atoms with E-state index in [1.807, 2.05) is 56.3 Å². The number of carbonyl (C=O) groups is 1. The van der Waals surface area contributed by atoms with E-state index in [4.69, 9.17) is 26.8 Å². The molecule has 0 radical (unpaired) electrons. The molecule has 42 heavy (non-hydrogen) atoms. The van der Waals surface area contributed by atoms with Crippen molar-refractivity contribution in [3.63, 3.8) is 0 Å². The number of ether oxygens (including phenoxy) is 2. The molecular weight excluding hydrogens is 556 g/mol. The Labute approximate surface area is 249 Å². The SMILES string of the molecule is Cc1c(N)cccc1-c1cccc(COc2cc(OCc3cncc(C#N)c3)c(CN[C@H](CO)C(=O)O)cc2Cl)c1C. The number of hydrogen-bond acceptors (Lipinski definition) is 8. The number of anilines is 1. The molecule has 0 bridgehead atoms. The molecule has 5 N–H and O–H groups in total. The van der Waals surface area contributed by atoms with Crippen LogP contribution < -0.4 is 20.5 Å². The zero-order valence-electron chi connectivity index (χ0n) is 23.2. The van der Waals surface area contributed by atoms with Crippen molar-refractivity contribution in [3.05, 3.63) is 105 Å². The van der Waals surface area contributed by atoms with E-state index in [0.717, 1.165) is 33.5 Å². The Hall–Kier alpha value is -4.62. The van der Waals surface area contributed by atoms with E-state index >= 15 is 0 Å². The minimum atomic E-state index is -1.18. The second-order valence-corrected chi connectivity index (χ2v) is 10.1. The number of nitrogens with two attached hydrogens (primary N) is 1. The number of pyridine rings is 1. The molecule has 4 rings (SSSR count). The van der Waals surface area contributed by atoms with Gasteiger partial charge in [-0.05, 0) is 59.9 Å². The average Bonchev–Trinajstić information content (AvgIpc) is 2.98. The van der Waals surface area contributed by atoms with Gasteiger partial charge in [-0.25, -0.2) is 0 Å². The highest BCUT2D eigenvalue weighted by atomic mass is 35.5. The summed E-state index contributed by atoms with van der Waals surface area (Å²) in [6, 6.07) is 17.7. The predicted molar refractivity (Wildman–Crippen MR) is 160 cm³/mol. The first-order valence-electron chi connectivity index (χ1n) is 13.1. The number of carboxylic acids is 1. The number of benzene rings is 3. The van der Waals surface area contributed by atoms with E-state index in [2.05, 4.69) is 10.3 Å². The van der Waals surface area contributed by atoms with E-state index in [-0.39, 0.29) is 19.8 Å². The summed E-state index contributed by atoms with van der Waals surface area (Å²) in [6.45, 7) is 3.84. The van der Waals surface area contributed by atoms with Gasteiger partial charge in [0.15, 0.2) is 0 Å². The molecule has 216 valence electrons. The summed E-state index contributed by atoms with van der Waals surface area (Å²) in [5, 5.41) is 31.0. The Morgan fingerprint density at radius 3 is 2.45 bits per heavy atom. The first kappa shape index (κ1) is 30.3. The van der Waals surface area contributed by atoms with Crippen LogP contribution in [-0.2, 0) is 24.6 Å².